The number of halogens is 7. The lowest BCUT2D eigenvalue weighted by atomic mass is 9.88. The Morgan fingerprint density at radius 3 is 1.72 bits per heavy atom. The molecule has 0 saturated carbocycles. The first-order valence-corrected chi connectivity index (χ1v) is 9.22. The summed E-state index contributed by atoms with van der Waals surface area (Å²) in [6, 6.07) is 16.1. The fourth-order valence-corrected chi connectivity index (χ4v) is 3.15. The molecular weight excluding hydrogens is 439 g/mol. The van der Waals surface area contributed by atoms with E-state index in [4.69, 9.17) is 0 Å². The minimum Gasteiger partial charge on any atom is -0.393 e. The number of rotatable bonds is 6. The van der Waals surface area contributed by atoms with Crippen molar-refractivity contribution in [3.8, 4) is 0 Å². The van der Waals surface area contributed by atoms with Gasteiger partial charge in [-0.25, -0.2) is 17.6 Å². The van der Waals surface area contributed by atoms with Gasteiger partial charge in [0.1, 0.15) is 16.8 Å². The molecule has 1 atom stereocenters. The SMILES string of the molecule is OC[C@](/C=C/c1ccccc1)(Nc1c(F)c(F)c(C(F)(F)F)c(F)c1F)c1ccccc1. The van der Waals surface area contributed by atoms with Crippen LogP contribution < -0.4 is 5.32 Å². The Morgan fingerprint density at radius 2 is 1.25 bits per heavy atom. The number of hydrogen-bond acceptors (Lipinski definition) is 2. The van der Waals surface area contributed by atoms with E-state index in [0.717, 1.165) is 0 Å². The van der Waals surface area contributed by atoms with Crippen molar-refractivity contribution < 1.29 is 35.8 Å². The smallest absolute Gasteiger partial charge is 0.393 e. The molecule has 0 spiro atoms. The molecule has 32 heavy (non-hydrogen) atoms. The Balaban J connectivity index is 2.19. The third-order valence-electron chi connectivity index (χ3n) is 4.79. The van der Waals surface area contributed by atoms with Crippen LogP contribution in [0.5, 0.6) is 0 Å². The number of aliphatic hydroxyl groups is 1. The average Bonchev–Trinajstić information content (AvgIpc) is 2.78. The molecule has 0 bridgehead atoms. The van der Waals surface area contributed by atoms with E-state index in [9.17, 15) is 35.8 Å². The van der Waals surface area contributed by atoms with Gasteiger partial charge in [-0.05, 0) is 11.1 Å². The molecule has 0 aliphatic rings. The Bertz CT molecular complexity index is 1090. The van der Waals surface area contributed by atoms with Crippen LogP contribution in [-0.2, 0) is 11.7 Å². The summed E-state index contributed by atoms with van der Waals surface area (Å²) in [6.07, 6.45) is -2.89. The maximum absolute atomic E-state index is 14.5. The molecule has 2 nitrogen and oxygen atoms in total. The molecule has 0 aliphatic carbocycles. The van der Waals surface area contributed by atoms with E-state index in [1.807, 2.05) is 0 Å². The van der Waals surface area contributed by atoms with Crippen LogP contribution in [0.4, 0.5) is 36.4 Å². The van der Waals surface area contributed by atoms with Crippen molar-refractivity contribution in [3.63, 3.8) is 0 Å². The zero-order chi connectivity index (χ0) is 23.5. The van der Waals surface area contributed by atoms with E-state index in [2.05, 4.69) is 5.32 Å². The molecule has 3 aromatic carbocycles. The fourth-order valence-electron chi connectivity index (χ4n) is 3.15. The number of anilines is 1. The molecule has 0 unspecified atom stereocenters. The molecule has 0 aliphatic heterocycles. The van der Waals surface area contributed by atoms with Gasteiger partial charge in [0.15, 0.2) is 23.3 Å². The highest BCUT2D eigenvalue weighted by atomic mass is 19.4. The molecule has 0 amide bonds. The number of benzene rings is 3. The summed E-state index contributed by atoms with van der Waals surface area (Å²) in [6.45, 7) is -0.858. The van der Waals surface area contributed by atoms with Crippen molar-refractivity contribution in [1.82, 2.24) is 0 Å². The lowest BCUT2D eigenvalue weighted by molar-refractivity contribution is -0.143. The zero-order valence-corrected chi connectivity index (χ0v) is 16.2. The second-order valence-electron chi connectivity index (χ2n) is 6.87. The largest absolute Gasteiger partial charge is 0.422 e. The predicted molar refractivity (Wildman–Crippen MR) is 106 cm³/mol. The van der Waals surface area contributed by atoms with Gasteiger partial charge in [-0.3, -0.25) is 0 Å². The standard InChI is InChI=1S/C23H16F7NO/c24-17-16(23(28,29)30)18(25)20(27)21(19(17)26)31-22(13-32,15-9-5-2-6-10-15)12-11-14-7-3-1-4-8-14/h1-12,31-32H,13H2/b12-11+/t22-/m0/s1. The molecule has 3 rings (SSSR count). The third-order valence-corrected chi connectivity index (χ3v) is 4.79. The second kappa shape index (κ2) is 9.04. The van der Waals surface area contributed by atoms with Crippen LogP contribution in [0.2, 0.25) is 0 Å². The van der Waals surface area contributed by atoms with Crippen molar-refractivity contribution in [2.75, 3.05) is 11.9 Å². The minimum absolute atomic E-state index is 0.231. The quantitative estimate of drug-likeness (QED) is 0.339. The van der Waals surface area contributed by atoms with Gasteiger partial charge in [0, 0.05) is 0 Å². The molecule has 168 valence electrons. The average molecular weight is 455 g/mol. The van der Waals surface area contributed by atoms with Crippen LogP contribution in [0.25, 0.3) is 6.08 Å². The van der Waals surface area contributed by atoms with Crippen molar-refractivity contribution in [2.45, 2.75) is 11.7 Å². The van der Waals surface area contributed by atoms with Gasteiger partial charge in [-0.2, -0.15) is 13.2 Å². The Morgan fingerprint density at radius 1 is 0.750 bits per heavy atom. The van der Waals surface area contributed by atoms with E-state index in [0.29, 0.717) is 5.56 Å². The van der Waals surface area contributed by atoms with Gasteiger partial charge in [0.2, 0.25) is 0 Å². The first kappa shape index (κ1) is 23.3. The topological polar surface area (TPSA) is 32.3 Å². The monoisotopic (exact) mass is 455 g/mol. The van der Waals surface area contributed by atoms with Crippen molar-refractivity contribution in [2.24, 2.45) is 0 Å². The molecule has 3 aromatic rings. The van der Waals surface area contributed by atoms with Crippen LogP contribution in [0.1, 0.15) is 16.7 Å². The summed E-state index contributed by atoms with van der Waals surface area (Å²) in [7, 11) is 0. The van der Waals surface area contributed by atoms with Gasteiger partial charge in [0.05, 0.1) is 6.61 Å². The van der Waals surface area contributed by atoms with E-state index < -0.39 is 52.8 Å². The van der Waals surface area contributed by atoms with Crippen LogP contribution in [-0.4, -0.2) is 11.7 Å². The summed E-state index contributed by atoms with van der Waals surface area (Å²) in [5.74, 6) is -9.71. The Kier molecular flexibility index (Phi) is 6.59. The zero-order valence-electron chi connectivity index (χ0n) is 16.2. The van der Waals surface area contributed by atoms with Gasteiger partial charge in [-0.1, -0.05) is 72.8 Å². The minimum atomic E-state index is -5.66. The number of alkyl halides is 3. The lowest BCUT2D eigenvalue weighted by Gasteiger charge is -2.32. The fraction of sp³-hybridized carbons (Fsp3) is 0.130. The summed E-state index contributed by atoms with van der Waals surface area (Å²) >= 11 is 0. The summed E-state index contributed by atoms with van der Waals surface area (Å²) in [5, 5.41) is 12.3. The van der Waals surface area contributed by atoms with Gasteiger partial charge >= 0.3 is 6.18 Å². The maximum atomic E-state index is 14.5. The second-order valence-corrected chi connectivity index (χ2v) is 6.87. The van der Waals surface area contributed by atoms with Crippen LogP contribution >= 0.6 is 0 Å². The number of aliphatic hydroxyl groups excluding tert-OH is 1. The molecule has 2 N–H and O–H groups in total. The summed E-state index contributed by atoms with van der Waals surface area (Å²) < 4.78 is 96.0. The lowest BCUT2D eigenvalue weighted by Crippen LogP contribution is -2.38. The van der Waals surface area contributed by atoms with Gasteiger partial charge < -0.3 is 10.4 Å². The van der Waals surface area contributed by atoms with Gasteiger partial charge in [-0.15, -0.1) is 0 Å². The third kappa shape index (κ3) is 4.47. The maximum Gasteiger partial charge on any atom is 0.422 e. The highest BCUT2D eigenvalue weighted by molar-refractivity contribution is 5.59. The molecule has 9 heteroatoms. The van der Waals surface area contributed by atoms with Gasteiger partial charge in [0.25, 0.3) is 0 Å². The number of nitrogens with one attached hydrogen (secondary N) is 1. The molecule has 0 saturated heterocycles. The van der Waals surface area contributed by atoms with Crippen molar-refractivity contribution >= 4 is 11.8 Å². The predicted octanol–water partition coefficient (Wildman–Crippen LogP) is 6.27. The van der Waals surface area contributed by atoms with Crippen molar-refractivity contribution in [1.29, 1.82) is 0 Å². The first-order chi connectivity index (χ1) is 15.1. The first-order valence-electron chi connectivity index (χ1n) is 9.22. The molecule has 0 fully saturated rings. The van der Waals surface area contributed by atoms with E-state index >= 15 is 0 Å². The van der Waals surface area contributed by atoms with E-state index in [-0.39, 0.29) is 5.56 Å². The molecule has 0 aromatic heterocycles. The normalized spacial score (nSPS) is 13.9. The summed E-state index contributed by atoms with van der Waals surface area (Å²) in [5.41, 5.74) is -5.14. The molecule has 0 heterocycles. The Labute approximate surface area is 178 Å². The molecule has 0 radical (unpaired) electrons. The Hall–Kier alpha value is -3.33. The summed E-state index contributed by atoms with van der Waals surface area (Å²) in [4.78, 5) is 0. The van der Waals surface area contributed by atoms with E-state index in [1.54, 1.807) is 48.5 Å². The molecular formula is C23H16F7NO. The van der Waals surface area contributed by atoms with Crippen LogP contribution in [0.3, 0.4) is 0 Å². The van der Waals surface area contributed by atoms with E-state index in [1.165, 1.54) is 24.3 Å². The van der Waals surface area contributed by atoms with Crippen LogP contribution in [0, 0.1) is 23.3 Å². The highest BCUT2D eigenvalue weighted by Crippen LogP contribution is 2.40. The van der Waals surface area contributed by atoms with Crippen molar-refractivity contribution in [3.05, 3.63) is 107 Å². The highest BCUT2D eigenvalue weighted by Gasteiger charge is 2.43. The van der Waals surface area contributed by atoms with Crippen LogP contribution in [0.15, 0.2) is 66.7 Å². The number of hydrogen-bond donors (Lipinski definition) is 2.